The number of sulfonamides is 1. The fourth-order valence-electron chi connectivity index (χ4n) is 2.80. The van der Waals surface area contributed by atoms with Crippen LogP contribution in [0.15, 0.2) is 77.8 Å². The van der Waals surface area contributed by atoms with Gasteiger partial charge in [0.2, 0.25) is 0 Å². The number of carbonyl (C=O) groups is 3. The van der Waals surface area contributed by atoms with Crippen LogP contribution >= 0.6 is 0 Å². The lowest BCUT2D eigenvalue weighted by atomic mass is 10.1. The predicted octanol–water partition coefficient (Wildman–Crippen LogP) is 1.77. The van der Waals surface area contributed by atoms with Crippen LogP contribution in [-0.4, -0.2) is 44.8 Å². The van der Waals surface area contributed by atoms with Gasteiger partial charge in [-0.1, -0.05) is 48.5 Å². The number of hydrogen-bond acceptors (Lipinski definition) is 7. The molecule has 0 aliphatic carbocycles. The molecule has 0 fully saturated rings. The molecule has 0 saturated carbocycles. The zero-order valence-electron chi connectivity index (χ0n) is 16.9. The van der Waals surface area contributed by atoms with Crippen LogP contribution in [0.3, 0.4) is 0 Å². The van der Waals surface area contributed by atoms with Crippen LogP contribution in [0, 0.1) is 0 Å². The highest BCUT2D eigenvalue weighted by Gasteiger charge is 2.23. The second-order valence-corrected chi connectivity index (χ2v) is 8.14. The van der Waals surface area contributed by atoms with Crippen molar-refractivity contribution in [3.05, 3.63) is 84.2 Å². The van der Waals surface area contributed by atoms with Crippen LogP contribution in [0.25, 0.3) is 11.1 Å². The smallest absolute Gasteiger partial charge is 0.325 e. The van der Waals surface area contributed by atoms with E-state index in [1.165, 1.54) is 25.4 Å². The van der Waals surface area contributed by atoms with Gasteiger partial charge in [0.15, 0.2) is 0 Å². The van der Waals surface area contributed by atoms with E-state index in [0.717, 1.165) is 6.07 Å². The lowest BCUT2D eigenvalue weighted by molar-refractivity contribution is -0.139. The Hall–Kier alpha value is -4.05. The average Bonchev–Trinajstić information content (AvgIpc) is 2.82. The number of nitrogens with one attached hydrogen (secondary N) is 2. The van der Waals surface area contributed by atoms with Gasteiger partial charge in [0.25, 0.3) is 21.8 Å². The molecule has 10 heteroatoms. The highest BCUT2D eigenvalue weighted by atomic mass is 32.2. The molecule has 164 valence electrons. The number of pyridine rings is 1. The Kier molecular flexibility index (Phi) is 6.96. The number of carbonyl (C=O) groups excluding carboxylic acids is 3. The van der Waals surface area contributed by atoms with E-state index in [-0.39, 0.29) is 22.7 Å². The molecule has 0 aliphatic rings. The molecule has 0 bridgehead atoms. The molecule has 9 nitrogen and oxygen atoms in total. The summed E-state index contributed by atoms with van der Waals surface area (Å²) in [5.74, 6) is -2.31. The van der Waals surface area contributed by atoms with Gasteiger partial charge in [0.05, 0.1) is 12.0 Å². The van der Waals surface area contributed by atoms with E-state index in [1.807, 2.05) is 10.8 Å². The number of hydrogen-bond donors (Lipinski definition) is 2. The molecule has 0 spiro atoms. The molecule has 32 heavy (non-hydrogen) atoms. The Labute approximate surface area is 184 Å². The van der Waals surface area contributed by atoms with Crippen LogP contribution in [-0.2, 0) is 19.6 Å². The van der Waals surface area contributed by atoms with Gasteiger partial charge in [-0.05, 0) is 23.8 Å². The number of rotatable bonds is 7. The first kappa shape index (κ1) is 22.6. The van der Waals surface area contributed by atoms with Crippen molar-refractivity contribution in [2.45, 2.75) is 4.90 Å². The van der Waals surface area contributed by atoms with Gasteiger partial charge in [0.1, 0.15) is 12.2 Å². The summed E-state index contributed by atoms with van der Waals surface area (Å²) >= 11 is 0. The molecule has 3 aromatic rings. The largest absolute Gasteiger partial charge is 0.468 e. The van der Waals surface area contributed by atoms with Crippen molar-refractivity contribution in [3.8, 4) is 11.1 Å². The Morgan fingerprint density at radius 1 is 0.938 bits per heavy atom. The molecule has 0 aliphatic heterocycles. The van der Waals surface area contributed by atoms with Gasteiger partial charge >= 0.3 is 5.97 Å². The molecular formula is C22H19N3O6S. The Morgan fingerprint density at radius 3 is 2.34 bits per heavy atom. The van der Waals surface area contributed by atoms with Crippen molar-refractivity contribution in [3.63, 3.8) is 0 Å². The van der Waals surface area contributed by atoms with Crippen LogP contribution in [0.1, 0.15) is 20.8 Å². The molecule has 1 heterocycles. The molecule has 1 aromatic heterocycles. The fraction of sp³-hybridized carbons (Fsp3) is 0.0909. The molecule has 2 amide bonds. The zero-order chi connectivity index (χ0) is 23.1. The fourth-order valence-corrected chi connectivity index (χ4v) is 4.01. The number of nitrogens with zero attached hydrogens (tertiary/aromatic N) is 1. The van der Waals surface area contributed by atoms with Gasteiger partial charge in [-0.15, -0.1) is 0 Å². The Bertz CT molecular complexity index is 1260. The number of aromatic nitrogens is 1. The van der Waals surface area contributed by atoms with Crippen molar-refractivity contribution in [2.75, 3.05) is 13.7 Å². The second-order valence-electron chi connectivity index (χ2n) is 6.49. The SMILES string of the molecule is COC(=O)CNC(=O)c1cc(C(=O)NS(=O)(=O)c2ccccc2-c2ccccc2)ccn1. The lowest BCUT2D eigenvalue weighted by Crippen LogP contribution is -2.32. The summed E-state index contributed by atoms with van der Waals surface area (Å²) in [6.45, 7) is -0.377. The maximum atomic E-state index is 13.0. The predicted molar refractivity (Wildman–Crippen MR) is 115 cm³/mol. The van der Waals surface area contributed by atoms with E-state index in [1.54, 1.807) is 42.5 Å². The summed E-state index contributed by atoms with van der Waals surface area (Å²) in [5.41, 5.74) is 0.855. The van der Waals surface area contributed by atoms with Gasteiger partial charge in [-0.25, -0.2) is 13.1 Å². The quantitative estimate of drug-likeness (QED) is 0.521. The first-order valence-corrected chi connectivity index (χ1v) is 10.8. The molecule has 0 radical (unpaired) electrons. The molecule has 3 rings (SSSR count). The Morgan fingerprint density at radius 2 is 1.62 bits per heavy atom. The van der Waals surface area contributed by atoms with Crippen molar-refractivity contribution < 1.29 is 27.5 Å². The van der Waals surface area contributed by atoms with E-state index >= 15 is 0 Å². The summed E-state index contributed by atoms with van der Waals surface area (Å²) in [6.07, 6.45) is 1.19. The average molecular weight is 453 g/mol. The van der Waals surface area contributed by atoms with Crippen LogP contribution in [0.5, 0.6) is 0 Å². The van der Waals surface area contributed by atoms with Crippen LogP contribution in [0.2, 0.25) is 0 Å². The van der Waals surface area contributed by atoms with Gasteiger partial charge < -0.3 is 10.1 Å². The molecular weight excluding hydrogens is 434 g/mol. The standard InChI is InChI=1S/C22H19N3O6S/c1-31-20(26)14-24-22(28)18-13-16(11-12-23-18)21(27)25-32(29,30)19-10-6-5-9-17(19)15-7-3-2-4-8-15/h2-13H,14H2,1H3,(H,24,28)(H,25,27). The van der Waals surface area contributed by atoms with E-state index in [2.05, 4.69) is 15.0 Å². The van der Waals surface area contributed by atoms with Crippen LogP contribution in [0.4, 0.5) is 0 Å². The topological polar surface area (TPSA) is 132 Å². The highest BCUT2D eigenvalue weighted by Crippen LogP contribution is 2.27. The summed E-state index contributed by atoms with van der Waals surface area (Å²) in [4.78, 5) is 39.7. The zero-order valence-corrected chi connectivity index (χ0v) is 17.8. The number of methoxy groups -OCH3 is 1. The minimum atomic E-state index is -4.23. The summed E-state index contributed by atoms with van der Waals surface area (Å²) in [7, 11) is -3.05. The number of amides is 2. The van der Waals surface area contributed by atoms with Crippen molar-refractivity contribution in [1.82, 2.24) is 15.0 Å². The van der Waals surface area contributed by atoms with Crippen LogP contribution < -0.4 is 10.0 Å². The van der Waals surface area contributed by atoms with Crippen molar-refractivity contribution in [2.24, 2.45) is 0 Å². The molecule has 2 aromatic carbocycles. The first-order chi connectivity index (χ1) is 15.3. The molecule has 0 saturated heterocycles. The third-order valence-electron chi connectivity index (χ3n) is 4.36. The molecule has 2 N–H and O–H groups in total. The van der Waals surface area contributed by atoms with Crippen molar-refractivity contribution in [1.29, 1.82) is 0 Å². The minimum absolute atomic E-state index is 0.0651. The van der Waals surface area contributed by atoms with Gasteiger partial charge in [-0.2, -0.15) is 0 Å². The number of benzene rings is 2. The van der Waals surface area contributed by atoms with E-state index in [9.17, 15) is 22.8 Å². The summed E-state index contributed by atoms with van der Waals surface area (Å²) in [6, 6.07) is 17.6. The van der Waals surface area contributed by atoms with Gasteiger partial charge in [-0.3, -0.25) is 19.4 Å². The molecule has 0 unspecified atom stereocenters. The van der Waals surface area contributed by atoms with E-state index < -0.39 is 27.8 Å². The monoisotopic (exact) mass is 453 g/mol. The normalized spacial score (nSPS) is 10.8. The third kappa shape index (κ3) is 5.35. The first-order valence-electron chi connectivity index (χ1n) is 9.34. The summed E-state index contributed by atoms with van der Waals surface area (Å²) in [5, 5.41) is 2.29. The van der Waals surface area contributed by atoms with E-state index in [0.29, 0.717) is 11.1 Å². The van der Waals surface area contributed by atoms with Gasteiger partial charge in [0, 0.05) is 17.3 Å². The second kappa shape index (κ2) is 9.84. The number of ether oxygens (including phenoxy) is 1. The lowest BCUT2D eigenvalue weighted by Gasteiger charge is -2.12. The number of esters is 1. The third-order valence-corrected chi connectivity index (χ3v) is 5.75. The minimum Gasteiger partial charge on any atom is -0.468 e. The maximum absolute atomic E-state index is 13.0. The maximum Gasteiger partial charge on any atom is 0.325 e. The Balaban J connectivity index is 1.82. The van der Waals surface area contributed by atoms with E-state index in [4.69, 9.17) is 0 Å². The molecule has 0 atom stereocenters. The highest BCUT2D eigenvalue weighted by molar-refractivity contribution is 7.90. The van der Waals surface area contributed by atoms with Crippen molar-refractivity contribution >= 4 is 27.8 Å². The summed E-state index contributed by atoms with van der Waals surface area (Å²) < 4.78 is 32.4.